The minimum Gasteiger partial charge on any atom is -0.389 e. The van der Waals surface area contributed by atoms with Crippen molar-refractivity contribution in [1.82, 2.24) is 5.32 Å². The second-order valence-electron chi connectivity index (χ2n) is 6.62. The van der Waals surface area contributed by atoms with E-state index in [1.807, 2.05) is 0 Å². The Morgan fingerprint density at radius 2 is 1.75 bits per heavy atom. The van der Waals surface area contributed by atoms with Crippen molar-refractivity contribution < 1.29 is 5.11 Å². The van der Waals surface area contributed by atoms with Gasteiger partial charge in [0.15, 0.2) is 0 Å². The van der Waals surface area contributed by atoms with E-state index in [-0.39, 0.29) is 5.60 Å². The number of nitrogens with one attached hydrogen (secondary N) is 1. The molecule has 1 saturated carbocycles. The lowest BCUT2D eigenvalue weighted by molar-refractivity contribution is -0.0742. The minimum absolute atomic E-state index is 0.328. The van der Waals surface area contributed by atoms with Gasteiger partial charge in [-0.2, -0.15) is 0 Å². The summed E-state index contributed by atoms with van der Waals surface area (Å²) in [7, 11) is 0. The number of fused-ring (bicyclic) bond motifs is 2. The molecule has 92 valence electrons. The molecule has 2 nitrogen and oxygen atoms in total. The van der Waals surface area contributed by atoms with Crippen molar-refractivity contribution in [2.75, 3.05) is 0 Å². The highest BCUT2D eigenvalue weighted by Crippen LogP contribution is 2.44. The average Bonchev–Trinajstić information content (AvgIpc) is 2.59. The molecule has 2 N–H and O–H groups in total. The number of aliphatic hydroxyl groups is 1. The van der Waals surface area contributed by atoms with Gasteiger partial charge in [0.1, 0.15) is 0 Å². The van der Waals surface area contributed by atoms with E-state index in [0.717, 1.165) is 18.8 Å². The van der Waals surface area contributed by atoms with E-state index < -0.39 is 0 Å². The molecule has 0 aromatic rings. The summed E-state index contributed by atoms with van der Waals surface area (Å²) in [5.74, 6) is 1.41. The Bertz CT molecular complexity index is 253. The molecule has 2 saturated heterocycles. The number of rotatable bonds is 1. The molecule has 3 fully saturated rings. The molecule has 2 aliphatic heterocycles. The molecule has 2 heterocycles. The Morgan fingerprint density at radius 3 is 2.38 bits per heavy atom. The minimum atomic E-state index is -0.328. The third-order valence-electron chi connectivity index (χ3n) is 5.23. The molecule has 0 spiro atoms. The van der Waals surface area contributed by atoms with Crippen LogP contribution in [0.25, 0.3) is 0 Å². The van der Waals surface area contributed by atoms with Crippen LogP contribution in [0, 0.1) is 11.8 Å². The summed E-state index contributed by atoms with van der Waals surface area (Å²) < 4.78 is 0. The first-order valence-electron chi connectivity index (χ1n) is 7.14. The largest absolute Gasteiger partial charge is 0.389 e. The van der Waals surface area contributed by atoms with Crippen LogP contribution in [-0.2, 0) is 0 Å². The SMILES string of the molecule is CC1CCCC(C2(O)CC3CCC(C2)N3)C1. The zero-order chi connectivity index (χ0) is 11.2. The van der Waals surface area contributed by atoms with Crippen LogP contribution in [0.1, 0.15) is 58.3 Å². The van der Waals surface area contributed by atoms with Crippen molar-refractivity contribution in [2.24, 2.45) is 11.8 Å². The maximum atomic E-state index is 11.0. The molecule has 0 amide bonds. The van der Waals surface area contributed by atoms with Crippen molar-refractivity contribution in [2.45, 2.75) is 76.0 Å². The molecule has 0 aromatic carbocycles. The standard InChI is InChI=1S/C14H25NO/c1-10-3-2-4-11(7-10)14(16)8-12-5-6-13(9-14)15-12/h10-13,15-16H,2-9H2,1H3. The van der Waals surface area contributed by atoms with Crippen molar-refractivity contribution in [3.8, 4) is 0 Å². The summed E-state index contributed by atoms with van der Waals surface area (Å²) in [6.45, 7) is 2.35. The van der Waals surface area contributed by atoms with Crippen molar-refractivity contribution in [3.63, 3.8) is 0 Å². The van der Waals surface area contributed by atoms with E-state index in [9.17, 15) is 5.11 Å². The van der Waals surface area contributed by atoms with Crippen molar-refractivity contribution in [1.29, 1.82) is 0 Å². The Morgan fingerprint density at radius 1 is 1.06 bits per heavy atom. The van der Waals surface area contributed by atoms with Crippen molar-refractivity contribution in [3.05, 3.63) is 0 Å². The molecule has 1 aliphatic carbocycles. The Hall–Kier alpha value is -0.0800. The van der Waals surface area contributed by atoms with Gasteiger partial charge >= 0.3 is 0 Å². The molecule has 2 heteroatoms. The van der Waals surface area contributed by atoms with E-state index in [2.05, 4.69) is 12.2 Å². The highest BCUT2D eigenvalue weighted by molar-refractivity contribution is 5.03. The molecule has 3 aliphatic rings. The van der Waals surface area contributed by atoms with Gasteiger partial charge in [-0.15, -0.1) is 0 Å². The first kappa shape index (κ1) is 11.0. The summed E-state index contributed by atoms with van der Waals surface area (Å²) in [4.78, 5) is 0. The van der Waals surface area contributed by atoms with Crippen LogP contribution in [-0.4, -0.2) is 22.8 Å². The summed E-state index contributed by atoms with van der Waals surface area (Å²) in [6, 6.07) is 1.22. The predicted octanol–water partition coefficient (Wildman–Crippen LogP) is 2.46. The Labute approximate surface area is 98.8 Å². The van der Waals surface area contributed by atoms with Gasteiger partial charge in [0.25, 0.3) is 0 Å². The van der Waals surface area contributed by atoms with Gasteiger partial charge in [-0.25, -0.2) is 0 Å². The fourth-order valence-electron chi connectivity index (χ4n) is 4.42. The van der Waals surface area contributed by atoms with Gasteiger partial charge in [0, 0.05) is 12.1 Å². The highest BCUT2D eigenvalue weighted by atomic mass is 16.3. The van der Waals surface area contributed by atoms with Gasteiger partial charge in [-0.3, -0.25) is 0 Å². The average molecular weight is 223 g/mol. The Balaban J connectivity index is 1.72. The van der Waals surface area contributed by atoms with Gasteiger partial charge in [-0.05, 0) is 50.4 Å². The number of hydrogen-bond acceptors (Lipinski definition) is 2. The third kappa shape index (κ3) is 1.91. The van der Waals surface area contributed by atoms with E-state index in [4.69, 9.17) is 0 Å². The van der Waals surface area contributed by atoms with Gasteiger partial charge < -0.3 is 10.4 Å². The first-order chi connectivity index (χ1) is 7.66. The molecule has 16 heavy (non-hydrogen) atoms. The van der Waals surface area contributed by atoms with Crippen LogP contribution >= 0.6 is 0 Å². The molecule has 4 unspecified atom stereocenters. The van der Waals surface area contributed by atoms with E-state index in [0.29, 0.717) is 18.0 Å². The quantitative estimate of drug-likeness (QED) is 0.715. The smallest absolute Gasteiger partial charge is 0.0705 e. The molecule has 3 rings (SSSR count). The zero-order valence-corrected chi connectivity index (χ0v) is 10.4. The van der Waals surface area contributed by atoms with E-state index in [1.54, 1.807) is 0 Å². The van der Waals surface area contributed by atoms with Crippen LogP contribution in [0.3, 0.4) is 0 Å². The topological polar surface area (TPSA) is 32.3 Å². The maximum Gasteiger partial charge on any atom is 0.0705 e. The summed E-state index contributed by atoms with van der Waals surface area (Å²) >= 11 is 0. The lowest BCUT2D eigenvalue weighted by Crippen LogP contribution is -2.53. The Kier molecular flexibility index (Phi) is 2.75. The van der Waals surface area contributed by atoms with Gasteiger partial charge in [-0.1, -0.05) is 19.8 Å². The third-order valence-corrected chi connectivity index (χ3v) is 5.23. The lowest BCUT2D eigenvalue weighted by Gasteiger charge is -2.45. The fourth-order valence-corrected chi connectivity index (χ4v) is 4.42. The van der Waals surface area contributed by atoms with Gasteiger partial charge in [0.2, 0.25) is 0 Å². The second-order valence-corrected chi connectivity index (χ2v) is 6.62. The lowest BCUT2D eigenvalue weighted by atomic mass is 9.68. The summed E-state index contributed by atoms with van der Waals surface area (Å²) in [6.07, 6.45) is 9.83. The molecular weight excluding hydrogens is 198 g/mol. The van der Waals surface area contributed by atoms with Crippen LogP contribution in [0.15, 0.2) is 0 Å². The van der Waals surface area contributed by atoms with E-state index in [1.165, 1.54) is 38.5 Å². The molecule has 0 aromatic heterocycles. The first-order valence-corrected chi connectivity index (χ1v) is 7.14. The van der Waals surface area contributed by atoms with E-state index >= 15 is 0 Å². The number of hydrogen-bond donors (Lipinski definition) is 2. The van der Waals surface area contributed by atoms with Gasteiger partial charge in [0.05, 0.1) is 5.60 Å². The molecule has 4 atom stereocenters. The monoisotopic (exact) mass is 223 g/mol. The fraction of sp³-hybridized carbons (Fsp3) is 1.00. The molecule has 0 radical (unpaired) electrons. The number of piperidine rings is 1. The molecular formula is C14H25NO. The van der Waals surface area contributed by atoms with Crippen LogP contribution < -0.4 is 5.32 Å². The normalized spacial score (nSPS) is 52.9. The highest BCUT2D eigenvalue weighted by Gasteiger charge is 2.47. The summed E-state index contributed by atoms with van der Waals surface area (Å²) in [5.41, 5.74) is -0.328. The molecule has 2 bridgehead atoms. The maximum absolute atomic E-state index is 11.0. The summed E-state index contributed by atoms with van der Waals surface area (Å²) in [5, 5.41) is 14.6. The van der Waals surface area contributed by atoms with Crippen LogP contribution in [0.2, 0.25) is 0 Å². The predicted molar refractivity (Wildman–Crippen MR) is 65.3 cm³/mol. The second kappa shape index (κ2) is 3.99. The van der Waals surface area contributed by atoms with Crippen LogP contribution in [0.4, 0.5) is 0 Å². The zero-order valence-electron chi connectivity index (χ0n) is 10.4. The van der Waals surface area contributed by atoms with Crippen molar-refractivity contribution >= 4 is 0 Å². The van der Waals surface area contributed by atoms with Crippen LogP contribution in [0.5, 0.6) is 0 Å².